The molecule has 3 rings (SSSR count). The first-order chi connectivity index (χ1) is 13.1. The molecule has 2 aromatic rings. The normalized spacial score (nSPS) is 14.8. The zero-order valence-corrected chi connectivity index (χ0v) is 16.5. The van der Waals surface area contributed by atoms with Gasteiger partial charge in [-0.25, -0.2) is 9.59 Å². The molecule has 4 amide bonds. The van der Waals surface area contributed by atoms with Crippen molar-refractivity contribution in [1.82, 2.24) is 15.6 Å². The van der Waals surface area contributed by atoms with Gasteiger partial charge in [0.05, 0.1) is 16.9 Å². The zero-order chi connectivity index (χ0) is 20.5. The fourth-order valence-electron chi connectivity index (χ4n) is 2.96. The summed E-state index contributed by atoms with van der Waals surface area (Å²) in [5.74, 6) is -0.269. The average molecular weight is 384 g/mol. The van der Waals surface area contributed by atoms with Crippen LogP contribution in [0.1, 0.15) is 38.4 Å². The number of carbonyl (C=O) groups is 3. The van der Waals surface area contributed by atoms with E-state index in [2.05, 4.69) is 15.6 Å². The summed E-state index contributed by atoms with van der Waals surface area (Å²) in [4.78, 5) is 41.4. The van der Waals surface area contributed by atoms with Crippen molar-refractivity contribution in [3.8, 4) is 0 Å². The van der Waals surface area contributed by atoms with Crippen LogP contribution < -0.4 is 15.5 Å². The van der Waals surface area contributed by atoms with Crippen LogP contribution in [0.2, 0.25) is 0 Å². The quantitative estimate of drug-likeness (QED) is 0.847. The maximum absolute atomic E-state index is 12.1. The molecular weight excluding hydrogens is 360 g/mol. The summed E-state index contributed by atoms with van der Waals surface area (Å²) in [6.45, 7) is 7.91. The smallest absolute Gasteiger partial charge is 0.407 e. The lowest BCUT2D eigenvalue weighted by Gasteiger charge is -2.27. The van der Waals surface area contributed by atoms with Crippen molar-refractivity contribution >= 4 is 34.6 Å². The van der Waals surface area contributed by atoms with E-state index in [-0.39, 0.29) is 12.3 Å². The van der Waals surface area contributed by atoms with E-state index in [4.69, 9.17) is 4.74 Å². The van der Waals surface area contributed by atoms with Crippen molar-refractivity contribution < 1.29 is 19.1 Å². The minimum absolute atomic E-state index is 0.262. The zero-order valence-electron chi connectivity index (χ0n) is 16.5. The second kappa shape index (κ2) is 7.46. The Morgan fingerprint density at radius 3 is 2.71 bits per heavy atom. The van der Waals surface area contributed by atoms with Gasteiger partial charge in [0.2, 0.25) is 5.91 Å². The monoisotopic (exact) mass is 384 g/mol. The van der Waals surface area contributed by atoms with E-state index >= 15 is 0 Å². The number of urea groups is 1. The first-order valence-electron chi connectivity index (χ1n) is 9.11. The van der Waals surface area contributed by atoms with E-state index in [1.54, 1.807) is 0 Å². The number of aromatic nitrogens is 1. The number of hydrogen-bond donors (Lipinski definition) is 2. The maximum Gasteiger partial charge on any atom is 0.407 e. The van der Waals surface area contributed by atoms with Crippen LogP contribution in [0.3, 0.4) is 0 Å². The number of anilines is 1. The summed E-state index contributed by atoms with van der Waals surface area (Å²) < 4.78 is 5.23. The molecule has 1 aliphatic heterocycles. The number of hydrogen-bond acceptors (Lipinski definition) is 5. The van der Waals surface area contributed by atoms with Gasteiger partial charge < -0.3 is 10.1 Å². The lowest BCUT2D eigenvalue weighted by Crippen LogP contribution is -2.49. The van der Waals surface area contributed by atoms with Crippen LogP contribution in [0.25, 0.3) is 10.9 Å². The molecule has 148 valence electrons. The molecule has 1 fully saturated rings. The Morgan fingerprint density at radius 2 is 2.04 bits per heavy atom. The summed E-state index contributed by atoms with van der Waals surface area (Å²) >= 11 is 0. The molecule has 0 aliphatic carbocycles. The van der Waals surface area contributed by atoms with Crippen molar-refractivity contribution in [1.29, 1.82) is 0 Å². The molecule has 1 aromatic heterocycles. The number of ether oxygens (including phenoxy) is 1. The Morgan fingerprint density at radius 1 is 1.29 bits per heavy atom. The number of nitrogens with zero attached hydrogens (tertiary/aromatic N) is 2. The van der Waals surface area contributed by atoms with Crippen molar-refractivity contribution in [3.63, 3.8) is 0 Å². The molecule has 0 unspecified atom stereocenters. The van der Waals surface area contributed by atoms with E-state index < -0.39 is 17.7 Å². The van der Waals surface area contributed by atoms with Crippen LogP contribution in [0, 0.1) is 6.92 Å². The third-order valence-electron chi connectivity index (χ3n) is 4.23. The third kappa shape index (κ3) is 4.57. The highest BCUT2D eigenvalue weighted by molar-refractivity contribution is 6.06. The molecule has 1 aliphatic rings. The summed E-state index contributed by atoms with van der Waals surface area (Å²) in [6.07, 6.45) is -0.212. The van der Waals surface area contributed by atoms with Crippen LogP contribution in [0.5, 0.6) is 0 Å². The summed E-state index contributed by atoms with van der Waals surface area (Å²) in [6, 6.07) is 7.13. The van der Waals surface area contributed by atoms with E-state index in [0.29, 0.717) is 24.5 Å². The molecule has 0 bridgehead atoms. The second-order valence-electron chi connectivity index (χ2n) is 7.73. The summed E-state index contributed by atoms with van der Waals surface area (Å²) in [5, 5.41) is 5.92. The Bertz CT molecular complexity index is 949. The second-order valence-corrected chi connectivity index (χ2v) is 7.73. The Labute approximate surface area is 163 Å². The van der Waals surface area contributed by atoms with Gasteiger partial charge in [0.25, 0.3) is 0 Å². The van der Waals surface area contributed by atoms with Crippen molar-refractivity contribution in [2.75, 3.05) is 11.4 Å². The SMILES string of the molecule is Cc1nc2cc(CNC(=O)OC(C)(C)C)ccc2cc1N1CCC(=O)NC1=O. The van der Waals surface area contributed by atoms with Gasteiger partial charge in [-0.05, 0) is 45.4 Å². The van der Waals surface area contributed by atoms with Gasteiger partial charge in [-0.15, -0.1) is 0 Å². The third-order valence-corrected chi connectivity index (χ3v) is 4.23. The number of fused-ring (bicyclic) bond motifs is 1. The molecule has 0 spiro atoms. The number of amides is 4. The standard InChI is InChI=1S/C20H24N4O4/c1-12-16(24-8-7-17(25)23-18(24)26)10-14-6-5-13(9-15(14)22-12)11-21-19(27)28-20(2,3)4/h5-6,9-10H,7-8,11H2,1-4H3,(H,21,27)(H,23,25,26). The largest absolute Gasteiger partial charge is 0.444 e. The topological polar surface area (TPSA) is 101 Å². The number of aryl methyl sites for hydroxylation is 1. The predicted octanol–water partition coefficient (Wildman–Crippen LogP) is 3.01. The molecule has 2 N–H and O–H groups in total. The lowest BCUT2D eigenvalue weighted by atomic mass is 10.1. The van der Waals surface area contributed by atoms with Crippen molar-refractivity contribution in [3.05, 3.63) is 35.5 Å². The van der Waals surface area contributed by atoms with Crippen LogP contribution in [0.15, 0.2) is 24.3 Å². The van der Waals surface area contributed by atoms with Crippen LogP contribution in [-0.4, -0.2) is 35.2 Å². The Hall–Kier alpha value is -3.16. The van der Waals surface area contributed by atoms with Gasteiger partial charge in [-0.3, -0.25) is 20.0 Å². The number of alkyl carbamates (subject to hydrolysis) is 1. The molecule has 8 nitrogen and oxygen atoms in total. The molecule has 8 heteroatoms. The molecular formula is C20H24N4O4. The van der Waals surface area contributed by atoms with Gasteiger partial charge in [0, 0.05) is 24.9 Å². The summed E-state index contributed by atoms with van der Waals surface area (Å²) in [5.41, 5.74) is 2.47. The molecule has 1 aromatic carbocycles. The van der Waals surface area contributed by atoms with Gasteiger partial charge in [-0.2, -0.15) is 0 Å². The van der Waals surface area contributed by atoms with E-state index in [1.165, 1.54) is 4.90 Å². The van der Waals surface area contributed by atoms with Crippen LogP contribution >= 0.6 is 0 Å². The average Bonchev–Trinajstić information content (AvgIpc) is 2.58. The Kier molecular flexibility index (Phi) is 5.22. The molecule has 28 heavy (non-hydrogen) atoms. The minimum atomic E-state index is -0.548. The predicted molar refractivity (Wildman–Crippen MR) is 105 cm³/mol. The number of nitrogens with one attached hydrogen (secondary N) is 2. The fourth-order valence-corrected chi connectivity index (χ4v) is 2.96. The van der Waals surface area contributed by atoms with Crippen LogP contribution in [0.4, 0.5) is 15.3 Å². The van der Waals surface area contributed by atoms with Gasteiger partial charge in [-0.1, -0.05) is 12.1 Å². The van der Waals surface area contributed by atoms with E-state index in [0.717, 1.165) is 16.5 Å². The fraction of sp³-hybridized carbons (Fsp3) is 0.400. The number of rotatable bonds is 3. The van der Waals surface area contributed by atoms with Crippen molar-refractivity contribution in [2.24, 2.45) is 0 Å². The van der Waals surface area contributed by atoms with Gasteiger partial charge in [0.1, 0.15) is 5.60 Å². The first-order valence-corrected chi connectivity index (χ1v) is 9.11. The maximum atomic E-state index is 12.1. The highest BCUT2D eigenvalue weighted by atomic mass is 16.6. The number of pyridine rings is 1. The highest BCUT2D eigenvalue weighted by Crippen LogP contribution is 2.26. The number of carbonyl (C=O) groups excluding carboxylic acids is 3. The lowest BCUT2D eigenvalue weighted by molar-refractivity contribution is -0.120. The minimum Gasteiger partial charge on any atom is -0.444 e. The molecule has 1 saturated heterocycles. The summed E-state index contributed by atoms with van der Waals surface area (Å²) in [7, 11) is 0. The number of imide groups is 1. The molecule has 0 atom stereocenters. The first kappa shape index (κ1) is 19.6. The highest BCUT2D eigenvalue weighted by Gasteiger charge is 2.26. The molecule has 2 heterocycles. The van der Waals surface area contributed by atoms with Crippen molar-refractivity contribution in [2.45, 2.75) is 46.3 Å². The van der Waals surface area contributed by atoms with Gasteiger partial charge >= 0.3 is 12.1 Å². The van der Waals surface area contributed by atoms with E-state index in [9.17, 15) is 14.4 Å². The van der Waals surface area contributed by atoms with E-state index in [1.807, 2.05) is 52.0 Å². The Balaban J connectivity index is 1.78. The molecule has 0 radical (unpaired) electrons. The van der Waals surface area contributed by atoms with Crippen LogP contribution in [-0.2, 0) is 16.1 Å². The van der Waals surface area contributed by atoms with Gasteiger partial charge in [0.15, 0.2) is 0 Å². The number of benzene rings is 1. The molecule has 0 saturated carbocycles.